The predicted molar refractivity (Wildman–Crippen MR) is 105 cm³/mol. The van der Waals surface area contributed by atoms with Crippen molar-refractivity contribution >= 4 is 28.6 Å². The molecular weight excluding hydrogens is 346 g/mol. The Morgan fingerprint density at radius 2 is 1.88 bits per heavy atom. The fraction of sp³-hybridized carbons (Fsp3) is 0.150. The van der Waals surface area contributed by atoms with Crippen molar-refractivity contribution in [2.75, 3.05) is 5.32 Å². The number of hydrogen-bond acceptors (Lipinski definition) is 4. The molecule has 0 bridgehead atoms. The van der Waals surface area contributed by atoms with Crippen LogP contribution in [0.25, 0.3) is 16.9 Å². The van der Waals surface area contributed by atoms with Crippen LogP contribution in [0.2, 0.25) is 5.02 Å². The molecule has 0 aliphatic carbocycles. The lowest BCUT2D eigenvalue weighted by atomic mass is 10.1. The van der Waals surface area contributed by atoms with Crippen molar-refractivity contribution in [2.24, 2.45) is 0 Å². The average molecular weight is 364 g/mol. The second-order valence-corrected chi connectivity index (χ2v) is 6.63. The van der Waals surface area contributed by atoms with E-state index in [1.165, 1.54) is 5.56 Å². The first-order chi connectivity index (χ1) is 12.6. The molecule has 5 nitrogen and oxygen atoms in total. The number of imidazole rings is 1. The van der Waals surface area contributed by atoms with Gasteiger partial charge in [0.05, 0.1) is 17.1 Å². The minimum absolute atomic E-state index is 0.100. The van der Waals surface area contributed by atoms with Crippen LogP contribution >= 0.6 is 11.6 Å². The number of hydrogen-bond donors (Lipinski definition) is 1. The van der Waals surface area contributed by atoms with Crippen LogP contribution in [-0.4, -0.2) is 19.5 Å². The Hall–Kier alpha value is -2.92. The Balaban J connectivity index is 1.67. The van der Waals surface area contributed by atoms with Gasteiger partial charge in [-0.1, -0.05) is 41.9 Å². The number of nitrogens with one attached hydrogen (secondary N) is 1. The third-order valence-electron chi connectivity index (χ3n) is 4.36. The third kappa shape index (κ3) is 3.13. The molecule has 2 aromatic carbocycles. The Morgan fingerprint density at radius 3 is 2.69 bits per heavy atom. The summed E-state index contributed by atoms with van der Waals surface area (Å²) < 4.78 is 1.92. The lowest BCUT2D eigenvalue weighted by Crippen LogP contribution is -2.10. The van der Waals surface area contributed by atoms with Gasteiger partial charge in [-0.15, -0.1) is 0 Å². The van der Waals surface area contributed by atoms with E-state index in [0.717, 1.165) is 22.4 Å². The second-order valence-electron chi connectivity index (χ2n) is 6.22. The molecule has 0 spiro atoms. The molecule has 4 aromatic rings. The van der Waals surface area contributed by atoms with Crippen molar-refractivity contribution < 1.29 is 0 Å². The van der Waals surface area contributed by atoms with Gasteiger partial charge in [-0.3, -0.25) is 4.57 Å². The standard InChI is InChI=1S/C20H18ClN5/c1-13-10-17-18(11-16(13)21)26(12-23-17)19-8-9-22-20(25-19)24-14(2)15-6-4-3-5-7-15/h3-12,14H,1-2H3,(H,22,24,25)/t14-/m0/s1. The Labute approximate surface area is 156 Å². The molecule has 1 atom stereocenters. The van der Waals surface area contributed by atoms with Gasteiger partial charge >= 0.3 is 0 Å². The van der Waals surface area contributed by atoms with E-state index in [2.05, 4.69) is 39.3 Å². The molecule has 0 aliphatic rings. The molecule has 0 aliphatic heterocycles. The molecule has 0 fully saturated rings. The molecule has 26 heavy (non-hydrogen) atoms. The van der Waals surface area contributed by atoms with Gasteiger partial charge in [0, 0.05) is 11.2 Å². The summed E-state index contributed by atoms with van der Waals surface area (Å²) in [5.74, 6) is 1.31. The molecular formula is C20H18ClN5. The number of anilines is 1. The fourth-order valence-corrected chi connectivity index (χ4v) is 3.05. The fourth-order valence-electron chi connectivity index (χ4n) is 2.89. The van der Waals surface area contributed by atoms with Crippen LogP contribution in [0.1, 0.15) is 24.1 Å². The molecule has 0 saturated carbocycles. The number of fused-ring (bicyclic) bond motifs is 1. The van der Waals surface area contributed by atoms with E-state index >= 15 is 0 Å². The molecule has 0 amide bonds. The summed E-state index contributed by atoms with van der Waals surface area (Å²) in [4.78, 5) is 13.4. The minimum atomic E-state index is 0.100. The zero-order valence-corrected chi connectivity index (χ0v) is 15.3. The zero-order chi connectivity index (χ0) is 18.1. The van der Waals surface area contributed by atoms with Gasteiger partial charge in [-0.25, -0.2) is 9.97 Å². The SMILES string of the molecule is Cc1cc2ncn(-c3ccnc(N[C@@H](C)c4ccccc4)n3)c2cc1Cl. The average Bonchev–Trinajstić information content (AvgIpc) is 3.05. The second kappa shape index (κ2) is 6.77. The van der Waals surface area contributed by atoms with Crippen LogP contribution in [0.5, 0.6) is 0 Å². The topological polar surface area (TPSA) is 55.6 Å². The van der Waals surface area contributed by atoms with Gasteiger partial charge in [0.15, 0.2) is 0 Å². The lowest BCUT2D eigenvalue weighted by Gasteiger charge is -2.14. The number of nitrogens with zero attached hydrogens (tertiary/aromatic N) is 4. The van der Waals surface area contributed by atoms with Gasteiger partial charge in [-0.2, -0.15) is 4.98 Å². The maximum atomic E-state index is 6.29. The highest BCUT2D eigenvalue weighted by Crippen LogP contribution is 2.25. The highest BCUT2D eigenvalue weighted by atomic mass is 35.5. The van der Waals surface area contributed by atoms with E-state index in [9.17, 15) is 0 Å². The van der Waals surface area contributed by atoms with Gasteiger partial charge in [0.25, 0.3) is 0 Å². The van der Waals surface area contributed by atoms with E-state index in [1.807, 2.05) is 47.9 Å². The maximum absolute atomic E-state index is 6.29. The van der Waals surface area contributed by atoms with Crippen molar-refractivity contribution in [1.82, 2.24) is 19.5 Å². The zero-order valence-electron chi connectivity index (χ0n) is 14.5. The van der Waals surface area contributed by atoms with E-state index in [4.69, 9.17) is 11.6 Å². The summed E-state index contributed by atoms with van der Waals surface area (Å²) >= 11 is 6.29. The van der Waals surface area contributed by atoms with Gasteiger partial charge in [-0.05, 0) is 43.2 Å². The molecule has 4 rings (SSSR count). The van der Waals surface area contributed by atoms with Gasteiger partial charge < -0.3 is 5.32 Å². The molecule has 130 valence electrons. The van der Waals surface area contributed by atoms with Crippen LogP contribution < -0.4 is 5.32 Å². The molecule has 2 heterocycles. The molecule has 0 saturated heterocycles. The van der Waals surface area contributed by atoms with Crippen molar-refractivity contribution in [3.8, 4) is 5.82 Å². The maximum Gasteiger partial charge on any atom is 0.225 e. The third-order valence-corrected chi connectivity index (χ3v) is 4.77. The number of aryl methyl sites for hydroxylation is 1. The number of rotatable bonds is 4. The Kier molecular flexibility index (Phi) is 4.31. The highest BCUT2D eigenvalue weighted by molar-refractivity contribution is 6.32. The molecule has 1 N–H and O–H groups in total. The summed E-state index contributed by atoms with van der Waals surface area (Å²) in [6, 6.07) is 16.1. The van der Waals surface area contributed by atoms with Crippen LogP contribution in [0.3, 0.4) is 0 Å². The molecule has 0 unspecified atom stereocenters. The monoisotopic (exact) mass is 363 g/mol. The summed E-state index contributed by atoms with van der Waals surface area (Å²) in [5.41, 5.74) is 3.99. The summed E-state index contributed by atoms with van der Waals surface area (Å²) in [7, 11) is 0. The van der Waals surface area contributed by atoms with E-state index in [1.54, 1.807) is 12.5 Å². The first-order valence-corrected chi connectivity index (χ1v) is 8.78. The smallest absolute Gasteiger partial charge is 0.225 e. The van der Waals surface area contributed by atoms with Crippen molar-refractivity contribution in [3.63, 3.8) is 0 Å². The highest BCUT2D eigenvalue weighted by Gasteiger charge is 2.11. The van der Waals surface area contributed by atoms with E-state index in [-0.39, 0.29) is 6.04 Å². The quantitative estimate of drug-likeness (QED) is 0.557. The van der Waals surface area contributed by atoms with Crippen LogP contribution in [-0.2, 0) is 0 Å². The molecule has 2 aromatic heterocycles. The number of benzene rings is 2. The van der Waals surface area contributed by atoms with Crippen LogP contribution in [0.4, 0.5) is 5.95 Å². The van der Waals surface area contributed by atoms with Gasteiger partial charge in [0.2, 0.25) is 5.95 Å². The first kappa shape index (κ1) is 16.5. The van der Waals surface area contributed by atoms with Crippen molar-refractivity contribution in [3.05, 3.63) is 77.2 Å². The minimum Gasteiger partial charge on any atom is -0.348 e. The number of halogens is 1. The van der Waals surface area contributed by atoms with Gasteiger partial charge in [0.1, 0.15) is 12.1 Å². The predicted octanol–water partition coefficient (Wildman–Crippen LogP) is 4.95. The molecule has 6 heteroatoms. The summed E-state index contributed by atoms with van der Waals surface area (Å²) in [6.45, 7) is 4.05. The molecule has 0 radical (unpaired) electrons. The first-order valence-electron chi connectivity index (χ1n) is 8.40. The normalized spacial score (nSPS) is 12.3. The number of aromatic nitrogens is 4. The lowest BCUT2D eigenvalue weighted by molar-refractivity contribution is 0.854. The summed E-state index contributed by atoms with van der Waals surface area (Å²) in [5, 5.41) is 4.06. The Bertz CT molecular complexity index is 1060. The summed E-state index contributed by atoms with van der Waals surface area (Å²) in [6.07, 6.45) is 3.50. The van der Waals surface area contributed by atoms with E-state index in [0.29, 0.717) is 11.0 Å². The van der Waals surface area contributed by atoms with Crippen LogP contribution in [0, 0.1) is 6.92 Å². The van der Waals surface area contributed by atoms with E-state index < -0.39 is 0 Å². The Morgan fingerprint density at radius 1 is 1.08 bits per heavy atom. The van der Waals surface area contributed by atoms with Crippen molar-refractivity contribution in [2.45, 2.75) is 19.9 Å². The van der Waals surface area contributed by atoms with Crippen LogP contribution in [0.15, 0.2) is 61.1 Å². The largest absolute Gasteiger partial charge is 0.348 e. The van der Waals surface area contributed by atoms with Crippen molar-refractivity contribution in [1.29, 1.82) is 0 Å².